The zero-order chi connectivity index (χ0) is 10.7. The van der Waals surface area contributed by atoms with Gasteiger partial charge >= 0.3 is 0 Å². The summed E-state index contributed by atoms with van der Waals surface area (Å²) in [4.78, 5) is 0. The summed E-state index contributed by atoms with van der Waals surface area (Å²) in [7, 11) is 0. The van der Waals surface area contributed by atoms with Crippen molar-refractivity contribution in [2.75, 3.05) is 0 Å². The molecular weight excluding hydrogens is 186 g/mol. The van der Waals surface area contributed by atoms with Gasteiger partial charge in [0, 0.05) is 6.04 Å². The molecule has 2 unspecified atom stereocenters. The van der Waals surface area contributed by atoms with Crippen LogP contribution in [0.4, 0.5) is 0 Å². The van der Waals surface area contributed by atoms with Crippen LogP contribution in [0.2, 0.25) is 0 Å². The summed E-state index contributed by atoms with van der Waals surface area (Å²) in [5, 5.41) is 3.68. The first-order chi connectivity index (χ1) is 7.31. The first-order valence-electron chi connectivity index (χ1n) is 6.10. The lowest BCUT2D eigenvalue weighted by molar-refractivity contribution is 0.218. The highest BCUT2D eigenvalue weighted by Gasteiger charge is 2.26. The second kappa shape index (κ2) is 4.84. The molecule has 0 aromatic carbocycles. The normalized spacial score (nSPS) is 20.9. The van der Waals surface area contributed by atoms with E-state index in [0.717, 1.165) is 18.1 Å². The molecule has 1 aromatic heterocycles. The smallest absolute Gasteiger partial charge is 0.120 e. The monoisotopic (exact) mass is 207 g/mol. The van der Waals surface area contributed by atoms with Crippen molar-refractivity contribution < 1.29 is 4.42 Å². The van der Waals surface area contributed by atoms with E-state index in [-0.39, 0.29) is 0 Å². The lowest BCUT2D eigenvalue weighted by atomic mass is 9.80. The van der Waals surface area contributed by atoms with Crippen LogP contribution in [0.1, 0.15) is 51.3 Å². The summed E-state index contributed by atoms with van der Waals surface area (Å²) in [5.74, 6) is 1.96. The Bertz CT molecular complexity index is 277. The van der Waals surface area contributed by atoms with Crippen molar-refractivity contribution in [1.82, 2.24) is 5.32 Å². The van der Waals surface area contributed by atoms with Crippen LogP contribution in [0, 0.1) is 5.92 Å². The Morgan fingerprint density at radius 3 is 2.80 bits per heavy atom. The molecule has 0 amide bonds. The summed E-state index contributed by atoms with van der Waals surface area (Å²) in [6.07, 6.45) is 7.04. The quantitative estimate of drug-likeness (QED) is 0.799. The van der Waals surface area contributed by atoms with Gasteiger partial charge in [0.2, 0.25) is 0 Å². The fourth-order valence-electron chi connectivity index (χ4n) is 2.28. The fraction of sp³-hybridized carbons (Fsp3) is 0.692. The number of hydrogen-bond acceptors (Lipinski definition) is 2. The Kier molecular flexibility index (Phi) is 3.47. The van der Waals surface area contributed by atoms with E-state index in [2.05, 4.69) is 25.2 Å². The van der Waals surface area contributed by atoms with Crippen LogP contribution in [-0.2, 0) is 0 Å². The molecule has 0 radical (unpaired) electrons. The summed E-state index contributed by atoms with van der Waals surface area (Å²) >= 11 is 0. The zero-order valence-electron chi connectivity index (χ0n) is 9.70. The van der Waals surface area contributed by atoms with Crippen molar-refractivity contribution in [3.63, 3.8) is 0 Å². The minimum atomic E-state index is 0.385. The van der Waals surface area contributed by atoms with Gasteiger partial charge in [-0.2, -0.15) is 0 Å². The molecule has 1 saturated carbocycles. The second-order valence-electron chi connectivity index (χ2n) is 4.62. The third-order valence-electron chi connectivity index (χ3n) is 3.62. The van der Waals surface area contributed by atoms with Gasteiger partial charge in [-0.15, -0.1) is 0 Å². The van der Waals surface area contributed by atoms with Gasteiger partial charge in [0.25, 0.3) is 0 Å². The minimum Gasteiger partial charge on any atom is -0.468 e. The Labute approximate surface area is 92.1 Å². The van der Waals surface area contributed by atoms with E-state index < -0.39 is 0 Å². The summed E-state index contributed by atoms with van der Waals surface area (Å²) in [6.45, 7) is 4.50. The van der Waals surface area contributed by atoms with Crippen molar-refractivity contribution in [3.8, 4) is 0 Å². The van der Waals surface area contributed by atoms with Crippen molar-refractivity contribution in [3.05, 3.63) is 24.2 Å². The van der Waals surface area contributed by atoms with E-state index in [1.165, 1.54) is 19.3 Å². The number of rotatable bonds is 5. The molecule has 1 heterocycles. The number of nitrogens with one attached hydrogen (secondary N) is 1. The molecular formula is C13H21NO. The lowest BCUT2D eigenvalue weighted by Gasteiger charge is -2.34. The van der Waals surface area contributed by atoms with Crippen molar-refractivity contribution in [2.24, 2.45) is 5.92 Å². The Hall–Kier alpha value is -0.760. The average molecular weight is 207 g/mol. The average Bonchev–Trinajstić information content (AvgIpc) is 2.63. The van der Waals surface area contributed by atoms with Gasteiger partial charge in [0.05, 0.1) is 12.3 Å². The molecule has 2 rings (SSSR count). The van der Waals surface area contributed by atoms with E-state index in [1.807, 2.05) is 6.07 Å². The molecule has 1 aliphatic carbocycles. The van der Waals surface area contributed by atoms with E-state index >= 15 is 0 Å². The second-order valence-corrected chi connectivity index (χ2v) is 4.62. The molecule has 84 valence electrons. The Morgan fingerprint density at radius 1 is 1.53 bits per heavy atom. The highest BCUT2D eigenvalue weighted by atomic mass is 16.3. The molecule has 1 aromatic rings. The highest BCUT2D eigenvalue weighted by molar-refractivity contribution is 5.04. The molecule has 0 aliphatic heterocycles. The molecule has 1 fully saturated rings. The molecule has 0 spiro atoms. The number of hydrogen-bond donors (Lipinski definition) is 1. The van der Waals surface area contributed by atoms with Crippen LogP contribution < -0.4 is 5.32 Å². The van der Waals surface area contributed by atoms with Gasteiger partial charge in [-0.1, -0.05) is 13.3 Å². The SMILES string of the molecule is CCC(NC(C)C1CCC1)c1ccco1. The largest absolute Gasteiger partial charge is 0.468 e. The minimum absolute atomic E-state index is 0.385. The van der Waals surface area contributed by atoms with Crippen LogP contribution >= 0.6 is 0 Å². The van der Waals surface area contributed by atoms with Crippen LogP contribution in [0.15, 0.2) is 22.8 Å². The summed E-state index contributed by atoms with van der Waals surface area (Å²) in [5.41, 5.74) is 0. The topological polar surface area (TPSA) is 25.2 Å². The molecule has 1 N–H and O–H groups in total. The molecule has 2 atom stereocenters. The van der Waals surface area contributed by atoms with Crippen LogP contribution in [0.5, 0.6) is 0 Å². The zero-order valence-corrected chi connectivity index (χ0v) is 9.70. The molecule has 2 nitrogen and oxygen atoms in total. The Morgan fingerprint density at radius 2 is 2.33 bits per heavy atom. The molecule has 0 bridgehead atoms. The van der Waals surface area contributed by atoms with Gasteiger partial charge < -0.3 is 9.73 Å². The lowest BCUT2D eigenvalue weighted by Crippen LogP contribution is -2.39. The first-order valence-corrected chi connectivity index (χ1v) is 6.10. The van der Waals surface area contributed by atoms with E-state index in [1.54, 1.807) is 6.26 Å². The predicted molar refractivity (Wildman–Crippen MR) is 61.7 cm³/mol. The molecule has 1 aliphatic rings. The molecule has 15 heavy (non-hydrogen) atoms. The van der Waals surface area contributed by atoms with E-state index in [4.69, 9.17) is 4.42 Å². The molecule has 2 heteroatoms. The van der Waals surface area contributed by atoms with Crippen LogP contribution in [0.25, 0.3) is 0 Å². The first kappa shape index (κ1) is 10.7. The van der Waals surface area contributed by atoms with E-state index in [0.29, 0.717) is 12.1 Å². The van der Waals surface area contributed by atoms with E-state index in [9.17, 15) is 0 Å². The van der Waals surface area contributed by atoms with Crippen molar-refractivity contribution in [2.45, 2.75) is 51.6 Å². The summed E-state index contributed by atoms with van der Waals surface area (Å²) in [6, 6.07) is 5.03. The predicted octanol–water partition coefficient (Wildman–Crippen LogP) is 3.51. The standard InChI is InChI=1S/C13H21NO/c1-3-12(13-8-5-9-15-13)14-10(2)11-6-4-7-11/h5,8-12,14H,3-4,6-7H2,1-2H3. The third kappa shape index (κ3) is 2.43. The van der Waals surface area contributed by atoms with Crippen LogP contribution in [-0.4, -0.2) is 6.04 Å². The fourth-order valence-corrected chi connectivity index (χ4v) is 2.28. The maximum absolute atomic E-state index is 5.46. The summed E-state index contributed by atoms with van der Waals surface area (Å²) < 4.78 is 5.46. The van der Waals surface area contributed by atoms with Gasteiger partial charge in [-0.25, -0.2) is 0 Å². The molecule has 0 saturated heterocycles. The maximum Gasteiger partial charge on any atom is 0.120 e. The maximum atomic E-state index is 5.46. The Balaban J connectivity index is 1.90. The van der Waals surface area contributed by atoms with Gasteiger partial charge in [0.1, 0.15) is 5.76 Å². The van der Waals surface area contributed by atoms with Crippen LogP contribution in [0.3, 0.4) is 0 Å². The third-order valence-corrected chi connectivity index (χ3v) is 3.62. The van der Waals surface area contributed by atoms with Crippen molar-refractivity contribution >= 4 is 0 Å². The van der Waals surface area contributed by atoms with Gasteiger partial charge in [-0.3, -0.25) is 0 Å². The number of furan rings is 1. The highest BCUT2D eigenvalue weighted by Crippen LogP contribution is 2.31. The van der Waals surface area contributed by atoms with Gasteiger partial charge in [-0.05, 0) is 44.2 Å². The van der Waals surface area contributed by atoms with Crippen molar-refractivity contribution in [1.29, 1.82) is 0 Å². The van der Waals surface area contributed by atoms with Gasteiger partial charge in [0.15, 0.2) is 0 Å².